The van der Waals surface area contributed by atoms with Crippen LogP contribution in [0.5, 0.6) is 0 Å². The number of esters is 1. The molecule has 0 spiro atoms. The van der Waals surface area contributed by atoms with E-state index < -0.39 is 17.7 Å². The number of halogens is 1. The first-order valence-electron chi connectivity index (χ1n) is 8.63. The average molecular weight is 379 g/mol. The van der Waals surface area contributed by atoms with E-state index in [1.807, 2.05) is 0 Å². The summed E-state index contributed by atoms with van der Waals surface area (Å²) in [5.74, 6) is -0.946. The standard InChI is InChI=1S/C21H18FN3O3/c1-2-28-21(27)15-7-3-5-9-17(15)25-20(26)14-11-12-19(23-13-14)24-18-10-6-4-8-16(18)22/h3-13H,2H2,1H3,(H,23,24)(H,25,26). The zero-order valence-electron chi connectivity index (χ0n) is 15.1. The van der Waals surface area contributed by atoms with Crippen LogP contribution in [0, 0.1) is 5.82 Å². The summed E-state index contributed by atoms with van der Waals surface area (Å²) in [7, 11) is 0. The Morgan fingerprint density at radius 2 is 1.71 bits per heavy atom. The van der Waals surface area contributed by atoms with Crippen LogP contribution < -0.4 is 10.6 Å². The van der Waals surface area contributed by atoms with Crippen molar-refractivity contribution in [1.82, 2.24) is 4.98 Å². The smallest absolute Gasteiger partial charge is 0.340 e. The number of hydrogen-bond acceptors (Lipinski definition) is 5. The number of aromatic nitrogens is 1. The quantitative estimate of drug-likeness (QED) is 0.621. The van der Waals surface area contributed by atoms with Crippen molar-refractivity contribution >= 4 is 29.1 Å². The Bertz CT molecular complexity index is 990. The molecule has 2 N–H and O–H groups in total. The lowest BCUT2D eigenvalue weighted by Crippen LogP contribution is -2.16. The molecule has 6 nitrogen and oxygen atoms in total. The number of carbonyl (C=O) groups excluding carboxylic acids is 2. The van der Waals surface area contributed by atoms with Crippen molar-refractivity contribution < 1.29 is 18.7 Å². The van der Waals surface area contributed by atoms with Crippen molar-refractivity contribution in [3.05, 3.63) is 83.8 Å². The number of nitrogens with one attached hydrogen (secondary N) is 2. The molecule has 3 aromatic rings. The molecule has 2 aromatic carbocycles. The van der Waals surface area contributed by atoms with Gasteiger partial charge in [-0.25, -0.2) is 14.2 Å². The van der Waals surface area contributed by atoms with Crippen LogP contribution in [-0.2, 0) is 4.74 Å². The first kappa shape index (κ1) is 19.0. The molecule has 0 saturated carbocycles. The molecule has 1 heterocycles. The van der Waals surface area contributed by atoms with Gasteiger partial charge in [0.1, 0.15) is 11.6 Å². The molecule has 0 saturated heterocycles. The molecule has 0 aliphatic rings. The van der Waals surface area contributed by atoms with E-state index >= 15 is 0 Å². The molecule has 0 radical (unpaired) electrons. The third-order valence-corrected chi connectivity index (χ3v) is 3.83. The molecule has 0 aliphatic heterocycles. The average Bonchev–Trinajstić information content (AvgIpc) is 2.71. The first-order chi connectivity index (χ1) is 13.6. The zero-order chi connectivity index (χ0) is 19.9. The minimum absolute atomic E-state index is 0.238. The molecule has 3 rings (SSSR count). The van der Waals surface area contributed by atoms with Gasteiger partial charge in [-0.15, -0.1) is 0 Å². The van der Waals surface area contributed by atoms with Crippen LogP contribution >= 0.6 is 0 Å². The summed E-state index contributed by atoms with van der Waals surface area (Å²) in [6.07, 6.45) is 1.37. The third-order valence-electron chi connectivity index (χ3n) is 3.83. The Morgan fingerprint density at radius 3 is 2.39 bits per heavy atom. The maximum Gasteiger partial charge on any atom is 0.340 e. The molecule has 142 valence electrons. The monoisotopic (exact) mass is 379 g/mol. The fraction of sp³-hybridized carbons (Fsp3) is 0.0952. The van der Waals surface area contributed by atoms with E-state index in [0.717, 1.165) is 0 Å². The highest BCUT2D eigenvalue weighted by Gasteiger charge is 2.15. The number of nitrogens with zero attached hydrogens (tertiary/aromatic N) is 1. The van der Waals surface area contributed by atoms with E-state index in [1.165, 1.54) is 12.3 Å². The first-order valence-corrected chi connectivity index (χ1v) is 8.63. The van der Waals surface area contributed by atoms with Gasteiger partial charge in [-0.2, -0.15) is 0 Å². The third kappa shape index (κ3) is 4.50. The Morgan fingerprint density at radius 1 is 1.00 bits per heavy atom. The summed E-state index contributed by atoms with van der Waals surface area (Å²) in [6, 6.07) is 15.9. The molecular weight excluding hydrogens is 361 g/mol. The van der Waals surface area contributed by atoms with Crippen molar-refractivity contribution in [2.75, 3.05) is 17.2 Å². The Kier molecular flexibility index (Phi) is 5.96. The van der Waals surface area contributed by atoms with Crippen molar-refractivity contribution in [3.63, 3.8) is 0 Å². The van der Waals surface area contributed by atoms with Gasteiger partial charge in [0.25, 0.3) is 5.91 Å². The van der Waals surface area contributed by atoms with Crippen LogP contribution in [0.3, 0.4) is 0 Å². The van der Waals surface area contributed by atoms with Crippen molar-refractivity contribution in [2.45, 2.75) is 6.92 Å². The fourth-order valence-corrected chi connectivity index (χ4v) is 2.48. The van der Waals surface area contributed by atoms with E-state index in [-0.39, 0.29) is 23.4 Å². The molecule has 0 bridgehead atoms. The maximum atomic E-state index is 13.7. The van der Waals surface area contributed by atoms with Gasteiger partial charge in [-0.1, -0.05) is 24.3 Å². The van der Waals surface area contributed by atoms with Gasteiger partial charge in [-0.3, -0.25) is 4.79 Å². The number of ether oxygens (including phenoxy) is 1. The van der Waals surface area contributed by atoms with Crippen LogP contribution in [-0.4, -0.2) is 23.5 Å². The number of carbonyl (C=O) groups is 2. The van der Waals surface area contributed by atoms with E-state index in [9.17, 15) is 14.0 Å². The minimum atomic E-state index is -0.513. The predicted octanol–water partition coefficient (Wildman–Crippen LogP) is 4.39. The highest BCUT2D eigenvalue weighted by atomic mass is 19.1. The van der Waals surface area contributed by atoms with E-state index in [4.69, 9.17) is 4.74 Å². The van der Waals surface area contributed by atoms with E-state index in [0.29, 0.717) is 11.5 Å². The Hall–Kier alpha value is -3.74. The number of hydrogen-bond donors (Lipinski definition) is 2. The van der Waals surface area contributed by atoms with Crippen LogP contribution in [0.1, 0.15) is 27.6 Å². The highest BCUT2D eigenvalue weighted by Crippen LogP contribution is 2.20. The summed E-state index contributed by atoms with van der Waals surface area (Å²) in [5.41, 5.74) is 1.19. The van der Waals surface area contributed by atoms with E-state index in [1.54, 1.807) is 61.5 Å². The van der Waals surface area contributed by atoms with Gasteiger partial charge < -0.3 is 15.4 Å². The summed E-state index contributed by atoms with van der Waals surface area (Å²) >= 11 is 0. The lowest BCUT2D eigenvalue weighted by atomic mass is 10.1. The second kappa shape index (κ2) is 8.77. The molecule has 0 unspecified atom stereocenters. The van der Waals surface area contributed by atoms with Gasteiger partial charge in [0.15, 0.2) is 0 Å². The van der Waals surface area contributed by atoms with Crippen molar-refractivity contribution in [2.24, 2.45) is 0 Å². The van der Waals surface area contributed by atoms with Crippen molar-refractivity contribution in [3.8, 4) is 0 Å². The molecule has 0 aliphatic carbocycles. The largest absolute Gasteiger partial charge is 0.462 e. The van der Waals surface area contributed by atoms with Gasteiger partial charge in [0.05, 0.1) is 29.1 Å². The maximum absolute atomic E-state index is 13.7. The molecule has 28 heavy (non-hydrogen) atoms. The molecule has 7 heteroatoms. The van der Waals surface area contributed by atoms with Gasteiger partial charge in [0, 0.05) is 6.20 Å². The molecule has 1 amide bonds. The molecular formula is C21H18FN3O3. The highest BCUT2D eigenvalue weighted by molar-refractivity contribution is 6.07. The summed E-state index contributed by atoms with van der Waals surface area (Å²) < 4.78 is 18.7. The van der Waals surface area contributed by atoms with Gasteiger partial charge >= 0.3 is 5.97 Å². The summed E-state index contributed by atoms with van der Waals surface area (Å²) in [5, 5.41) is 5.53. The van der Waals surface area contributed by atoms with Crippen molar-refractivity contribution in [1.29, 1.82) is 0 Å². The second-order valence-corrected chi connectivity index (χ2v) is 5.76. The van der Waals surface area contributed by atoms with Crippen LogP contribution in [0.25, 0.3) is 0 Å². The van der Waals surface area contributed by atoms with Gasteiger partial charge in [-0.05, 0) is 43.3 Å². The summed E-state index contributed by atoms with van der Waals surface area (Å²) in [4.78, 5) is 28.6. The van der Waals surface area contributed by atoms with Crippen LogP contribution in [0.2, 0.25) is 0 Å². The predicted molar refractivity (Wildman–Crippen MR) is 104 cm³/mol. The molecule has 0 fully saturated rings. The van der Waals surface area contributed by atoms with Gasteiger partial charge in [0.2, 0.25) is 0 Å². The zero-order valence-corrected chi connectivity index (χ0v) is 15.1. The Balaban J connectivity index is 1.72. The number of amides is 1. The topological polar surface area (TPSA) is 80.3 Å². The summed E-state index contributed by atoms with van der Waals surface area (Å²) in [6.45, 7) is 1.95. The lowest BCUT2D eigenvalue weighted by molar-refractivity contribution is 0.0527. The van der Waals surface area contributed by atoms with Crippen LogP contribution in [0.15, 0.2) is 66.9 Å². The second-order valence-electron chi connectivity index (χ2n) is 5.76. The normalized spacial score (nSPS) is 10.2. The number of rotatable bonds is 6. The minimum Gasteiger partial charge on any atom is -0.462 e. The van der Waals surface area contributed by atoms with Crippen LogP contribution in [0.4, 0.5) is 21.6 Å². The lowest BCUT2D eigenvalue weighted by Gasteiger charge is -2.11. The number of pyridine rings is 1. The number of benzene rings is 2. The molecule has 1 aromatic heterocycles. The SMILES string of the molecule is CCOC(=O)c1ccccc1NC(=O)c1ccc(Nc2ccccc2F)nc1. The van der Waals surface area contributed by atoms with E-state index in [2.05, 4.69) is 15.6 Å². The number of anilines is 3. The molecule has 0 atom stereocenters. The Labute approximate surface area is 161 Å². The fourth-order valence-electron chi connectivity index (χ4n) is 2.48. The number of para-hydroxylation sites is 2.